The Morgan fingerprint density at radius 2 is 1.97 bits per heavy atom. The number of aryl methyl sites for hydroxylation is 1. The molecule has 2 aromatic heterocycles. The Hall–Kier alpha value is -3.35. The first-order valence-electron chi connectivity index (χ1n) is 10.6. The fraction of sp³-hybridized carbons (Fsp3) is 0.333. The van der Waals surface area contributed by atoms with Crippen LogP contribution in [0.25, 0.3) is 11.4 Å². The van der Waals surface area contributed by atoms with Gasteiger partial charge in [0.2, 0.25) is 0 Å². The Morgan fingerprint density at radius 3 is 2.74 bits per heavy atom. The quantitative estimate of drug-likeness (QED) is 0.704. The number of pyridine rings is 1. The van der Waals surface area contributed by atoms with E-state index in [2.05, 4.69) is 20.3 Å². The summed E-state index contributed by atoms with van der Waals surface area (Å²) < 4.78 is 14.8. The average Bonchev–Trinajstić information content (AvgIpc) is 3.43. The molecule has 4 atom stereocenters. The van der Waals surface area contributed by atoms with E-state index in [9.17, 15) is 9.18 Å². The first kappa shape index (κ1) is 18.4. The molecule has 7 heteroatoms. The summed E-state index contributed by atoms with van der Waals surface area (Å²) in [4.78, 5) is 28.4. The van der Waals surface area contributed by atoms with Crippen molar-refractivity contribution in [3.05, 3.63) is 71.9 Å². The van der Waals surface area contributed by atoms with Gasteiger partial charge >= 0.3 is 0 Å². The van der Waals surface area contributed by atoms with Crippen molar-refractivity contribution in [3.8, 4) is 11.4 Å². The van der Waals surface area contributed by atoms with Crippen LogP contribution < -0.4 is 5.32 Å². The number of carbonyl (C=O) groups is 1. The van der Waals surface area contributed by atoms with Crippen LogP contribution in [-0.4, -0.2) is 44.4 Å². The lowest BCUT2D eigenvalue weighted by atomic mass is 9.71. The van der Waals surface area contributed by atoms with E-state index in [1.54, 1.807) is 30.6 Å². The largest absolute Gasteiger partial charge is 0.365 e. The zero-order valence-corrected chi connectivity index (χ0v) is 17.1. The van der Waals surface area contributed by atoms with Crippen LogP contribution >= 0.6 is 0 Å². The minimum Gasteiger partial charge on any atom is -0.365 e. The first-order valence-corrected chi connectivity index (χ1v) is 10.6. The van der Waals surface area contributed by atoms with Crippen molar-refractivity contribution in [2.24, 2.45) is 11.3 Å². The van der Waals surface area contributed by atoms with Crippen LogP contribution in [0.3, 0.4) is 0 Å². The van der Waals surface area contributed by atoms with Gasteiger partial charge in [-0.25, -0.2) is 19.3 Å². The lowest BCUT2D eigenvalue weighted by Gasteiger charge is -2.48. The molecule has 3 heterocycles. The number of carbonyl (C=O) groups excluding carboxylic acids is 1. The highest BCUT2D eigenvalue weighted by Crippen LogP contribution is 2.71. The number of piperidine rings is 1. The summed E-state index contributed by atoms with van der Waals surface area (Å²) in [5.41, 5.74) is 1.82. The fourth-order valence-electron chi connectivity index (χ4n) is 5.61. The Kier molecular flexibility index (Phi) is 3.91. The van der Waals surface area contributed by atoms with Gasteiger partial charge in [0.25, 0.3) is 5.91 Å². The number of benzene rings is 1. The SMILES string of the molecule is Cc1ccc(NC2CC34CC3CN(C(=O)c3cccc(F)c3-c3ncccn3)C24)nc1. The Bertz CT molecular complexity index is 1170. The van der Waals surface area contributed by atoms with Gasteiger partial charge in [-0.1, -0.05) is 12.1 Å². The molecule has 1 aliphatic heterocycles. The molecule has 156 valence electrons. The van der Waals surface area contributed by atoms with E-state index in [0.717, 1.165) is 17.8 Å². The van der Waals surface area contributed by atoms with Crippen LogP contribution in [0.5, 0.6) is 0 Å². The molecule has 1 saturated heterocycles. The smallest absolute Gasteiger partial charge is 0.255 e. The number of halogens is 1. The van der Waals surface area contributed by atoms with E-state index >= 15 is 0 Å². The molecule has 31 heavy (non-hydrogen) atoms. The van der Waals surface area contributed by atoms with Crippen LogP contribution in [0.2, 0.25) is 0 Å². The minimum absolute atomic E-state index is 0.0981. The third-order valence-corrected chi connectivity index (χ3v) is 7.14. The normalized spacial score (nSPS) is 27.8. The highest BCUT2D eigenvalue weighted by molar-refractivity contribution is 6.01. The van der Waals surface area contributed by atoms with Gasteiger partial charge in [0.15, 0.2) is 5.82 Å². The van der Waals surface area contributed by atoms with Gasteiger partial charge in [-0.3, -0.25) is 4.79 Å². The maximum atomic E-state index is 14.8. The molecule has 1 aromatic carbocycles. The highest BCUT2D eigenvalue weighted by Gasteiger charge is 2.75. The lowest BCUT2D eigenvalue weighted by molar-refractivity contribution is 0.0472. The van der Waals surface area contributed by atoms with Gasteiger partial charge in [0.1, 0.15) is 11.6 Å². The molecule has 1 N–H and O–H groups in total. The van der Waals surface area contributed by atoms with E-state index in [4.69, 9.17) is 0 Å². The molecular formula is C24H22FN5O. The van der Waals surface area contributed by atoms with Gasteiger partial charge < -0.3 is 10.2 Å². The molecule has 6 nitrogen and oxygen atoms in total. The molecule has 3 aliphatic rings. The minimum atomic E-state index is -0.483. The number of nitrogens with one attached hydrogen (secondary N) is 1. The predicted molar refractivity (Wildman–Crippen MR) is 114 cm³/mol. The topological polar surface area (TPSA) is 71.0 Å². The molecule has 3 fully saturated rings. The molecule has 2 aliphatic carbocycles. The number of amides is 1. The van der Waals surface area contributed by atoms with Crippen molar-refractivity contribution in [1.82, 2.24) is 19.9 Å². The van der Waals surface area contributed by atoms with Crippen LogP contribution in [0.15, 0.2) is 55.0 Å². The summed E-state index contributed by atoms with van der Waals surface area (Å²) in [6, 6.07) is 10.5. The van der Waals surface area contributed by atoms with Crippen LogP contribution in [-0.2, 0) is 0 Å². The Morgan fingerprint density at radius 1 is 1.13 bits per heavy atom. The lowest BCUT2D eigenvalue weighted by Crippen LogP contribution is -2.60. The molecule has 0 bridgehead atoms. The number of anilines is 1. The van der Waals surface area contributed by atoms with Crippen molar-refractivity contribution in [3.63, 3.8) is 0 Å². The number of aromatic nitrogens is 3. The monoisotopic (exact) mass is 415 g/mol. The van der Waals surface area contributed by atoms with Gasteiger partial charge in [0.05, 0.1) is 17.2 Å². The summed E-state index contributed by atoms with van der Waals surface area (Å²) in [5, 5.41) is 3.52. The van der Waals surface area contributed by atoms with E-state index in [0.29, 0.717) is 18.0 Å². The van der Waals surface area contributed by atoms with Crippen molar-refractivity contribution >= 4 is 11.7 Å². The number of hydrogen-bond donors (Lipinski definition) is 1. The van der Waals surface area contributed by atoms with Gasteiger partial charge in [-0.2, -0.15) is 0 Å². The molecule has 3 aromatic rings. The average molecular weight is 415 g/mol. The Labute approximate surface area is 179 Å². The predicted octanol–water partition coefficient (Wildman–Crippen LogP) is 3.70. The number of hydrogen-bond acceptors (Lipinski definition) is 5. The van der Waals surface area contributed by atoms with Crippen molar-refractivity contribution < 1.29 is 9.18 Å². The Balaban J connectivity index is 1.31. The van der Waals surface area contributed by atoms with E-state index in [1.807, 2.05) is 30.2 Å². The van der Waals surface area contributed by atoms with Crippen LogP contribution in [0.4, 0.5) is 10.2 Å². The first-order chi connectivity index (χ1) is 15.1. The maximum absolute atomic E-state index is 14.8. The van der Waals surface area contributed by atoms with Gasteiger partial charge in [0, 0.05) is 31.2 Å². The fourth-order valence-corrected chi connectivity index (χ4v) is 5.61. The van der Waals surface area contributed by atoms with Crippen LogP contribution in [0.1, 0.15) is 28.8 Å². The summed E-state index contributed by atoms with van der Waals surface area (Å²) in [7, 11) is 0. The number of rotatable bonds is 4. The van der Waals surface area contributed by atoms with Gasteiger partial charge in [-0.15, -0.1) is 0 Å². The zero-order chi connectivity index (χ0) is 21.2. The summed E-state index contributed by atoms with van der Waals surface area (Å²) in [6.07, 6.45) is 7.17. The molecule has 1 amide bonds. The second-order valence-electron chi connectivity index (χ2n) is 8.95. The molecule has 6 rings (SSSR count). The van der Waals surface area contributed by atoms with Gasteiger partial charge in [-0.05, 0) is 60.9 Å². The third-order valence-electron chi connectivity index (χ3n) is 7.14. The zero-order valence-electron chi connectivity index (χ0n) is 17.1. The molecular weight excluding hydrogens is 393 g/mol. The van der Waals surface area contributed by atoms with Crippen molar-refractivity contribution in [2.45, 2.75) is 31.8 Å². The molecule has 4 unspecified atom stereocenters. The van der Waals surface area contributed by atoms with E-state index in [1.165, 1.54) is 12.5 Å². The second-order valence-corrected chi connectivity index (χ2v) is 8.95. The van der Waals surface area contributed by atoms with Crippen molar-refractivity contribution in [2.75, 3.05) is 11.9 Å². The van der Waals surface area contributed by atoms with Crippen molar-refractivity contribution in [1.29, 1.82) is 0 Å². The van der Waals surface area contributed by atoms with E-state index in [-0.39, 0.29) is 34.8 Å². The summed E-state index contributed by atoms with van der Waals surface area (Å²) >= 11 is 0. The van der Waals surface area contributed by atoms with E-state index < -0.39 is 5.82 Å². The molecule has 0 radical (unpaired) electrons. The number of nitrogens with zero attached hydrogens (tertiary/aromatic N) is 4. The summed E-state index contributed by atoms with van der Waals surface area (Å²) in [5.74, 6) is 0.960. The number of likely N-dealkylation sites (tertiary alicyclic amines) is 1. The summed E-state index contributed by atoms with van der Waals surface area (Å²) in [6.45, 7) is 2.73. The second kappa shape index (κ2) is 6.57. The maximum Gasteiger partial charge on any atom is 0.255 e. The standard InChI is InChI=1S/C24H22FN5O/c1-14-6-7-19(28-12-14)29-18-11-24-10-15(24)13-30(21(18)24)23(31)16-4-2-5-17(25)20(16)22-26-8-3-9-27-22/h2-9,12,15,18,21H,10-11,13H2,1H3,(H,28,29). The molecule has 1 spiro atoms. The molecule has 2 saturated carbocycles. The van der Waals surface area contributed by atoms with Crippen LogP contribution in [0, 0.1) is 24.1 Å². The highest BCUT2D eigenvalue weighted by atomic mass is 19.1. The third kappa shape index (κ3) is 2.76.